The third kappa shape index (κ3) is 5.08. The molecule has 0 saturated heterocycles. The predicted octanol–water partition coefficient (Wildman–Crippen LogP) is 3.30. The van der Waals surface area contributed by atoms with Crippen LogP contribution in [0.2, 0.25) is 0 Å². The maximum absolute atomic E-state index is 11.1. The lowest BCUT2D eigenvalue weighted by Gasteiger charge is -2.11. The quantitative estimate of drug-likeness (QED) is 0.428. The highest BCUT2D eigenvalue weighted by molar-refractivity contribution is 7.98. The van der Waals surface area contributed by atoms with Gasteiger partial charge in [0.15, 0.2) is 0 Å². The molecule has 0 aliphatic heterocycles. The second-order valence-electron chi connectivity index (χ2n) is 4.04. The lowest BCUT2D eigenvalue weighted by Crippen LogP contribution is -2.06. The standard InChI is InChI=1S/C13H20N2O3S/c1-3-7-14-13-11(10-19-9-8-18-2)5-4-6-12(13)15(16)17/h4-6,14H,3,7-10H2,1-2H3. The molecule has 1 aromatic carbocycles. The maximum atomic E-state index is 11.1. The summed E-state index contributed by atoms with van der Waals surface area (Å²) in [5.41, 5.74) is 1.78. The highest BCUT2D eigenvalue weighted by atomic mass is 32.2. The molecular formula is C13H20N2O3S. The molecule has 106 valence electrons. The van der Waals surface area contributed by atoms with E-state index in [4.69, 9.17) is 4.74 Å². The molecule has 0 radical (unpaired) electrons. The topological polar surface area (TPSA) is 64.4 Å². The summed E-state index contributed by atoms with van der Waals surface area (Å²) in [6.07, 6.45) is 0.933. The smallest absolute Gasteiger partial charge is 0.292 e. The first-order chi connectivity index (χ1) is 9.20. The van der Waals surface area contributed by atoms with E-state index in [9.17, 15) is 10.1 Å². The van der Waals surface area contributed by atoms with E-state index in [1.807, 2.05) is 13.0 Å². The Balaban J connectivity index is 2.82. The third-order valence-corrected chi connectivity index (χ3v) is 3.54. The zero-order valence-corrected chi connectivity index (χ0v) is 12.2. The van der Waals surface area contributed by atoms with Gasteiger partial charge < -0.3 is 10.1 Å². The minimum atomic E-state index is -0.332. The van der Waals surface area contributed by atoms with Gasteiger partial charge in [0.2, 0.25) is 0 Å². The van der Waals surface area contributed by atoms with E-state index >= 15 is 0 Å². The second-order valence-corrected chi connectivity index (χ2v) is 5.15. The molecule has 0 unspecified atom stereocenters. The predicted molar refractivity (Wildman–Crippen MR) is 79.9 cm³/mol. The highest BCUT2D eigenvalue weighted by Crippen LogP contribution is 2.30. The Morgan fingerprint density at radius 3 is 2.89 bits per heavy atom. The molecule has 1 rings (SSSR count). The van der Waals surface area contributed by atoms with Gasteiger partial charge in [-0.25, -0.2) is 0 Å². The Labute approximate surface area is 117 Å². The summed E-state index contributed by atoms with van der Waals surface area (Å²) in [5, 5.41) is 14.2. The molecule has 0 aliphatic rings. The monoisotopic (exact) mass is 284 g/mol. The van der Waals surface area contributed by atoms with E-state index in [0.717, 1.165) is 30.0 Å². The lowest BCUT2D eigenvalue weighted by atomic mass is 10.1. The number of hydrogen-bond donors (Lipinski definition) is 1. The van der Waals surface area contributed by atoms with E-state index in [1.165, 1.54) is 0 Å². The number of anilines is 1. The molecule has 0 amide bonds. The van der Waals surface area contributed by atoms with Crippen LogP contribution in [0.3, 0.4) is 0 Å². The Morgan fingerprint density at radius 1 is 1.47 bits per heavy atom. The Kier molecular flexibility index (Phi) is 7.28. The number of thioether (sulfide) groups is 1. The molecule has 6 heteroatoms. The van der Waals surface area contributed by atoms with Crippen LogP contribution in [0, 0.1) is 10.1 Å². The van der Waals surface area contributed by atoms with Gasteiger partial charge in [-0.2, -0.15) is 11.8 Å². The number of nitro benzene ring substituents is 1. The average Bonchev–Trinajstić information content (AvgIpc) is 2.41. The molecule has 0 aliphatic carbocycles. The molecule has 5 nitrogen and oxygen atoms in total. The average molecular weight is 284 g/mol. The molecule has 0 heterocycles. The number of nitro groups is 1. The molecule has 0 atom stereocenters. The summed E-state index contributed by atoms with van der Waals surface area (Å²) in [7, 11) is 1.67. The largest absolute Gasteiger partial charge is 0.384 e. The molecule has 1 N–H and O–H groups in total. The van der Waals surface area contributed by atoms with Crippen molar-refractivity contribution in [2.75, 3.05) is 31.3 Å². The van der Waals surface area contributed by atoms with Crippen LogP contribution in [0.15, 0.2) is 18.2 Å². The third-order valence-electron chi connectivity index (χ3n) is 2.57. The molecular weight excluding hydrogens is 264 g/mol. The molecule has 0 fully saturated rings. The van der Waals surface area contributed by atoms with Crippen molar-refractivity contribution in [1.82, 2.24) is 0 Å². The molecule has 19 heavy (non-hydrogen) atoms. The summed E-state index contributed by atoms with van der Waals surface area (Å²) >= 11 is 1.71. The first-order valence-electron chi connectivity index (χ1n) is 6.27. The van der Waals surface area contributed by atoms with Crippen LogP contribution in [-0.2, 0) is 10.5 Å². The Bertz CT molecular complexity index is 413. The number of benzene rings is 1. The second kappa shape index (κ2) is 8.77. The number of rotatable bonds is 9. The van der Waals surface area contributed by atoms with Crippen LogP contribution in [0.25, 0.3) is 0 Å². The van der Waals surface area contributed by atoms with Crippen LogP contribution in [0.1, 0.15) is 18.9 Å². The van der Waals surface area contributed by atoms with Crippen molar-refractivity contribution in [3.8, 4) is 0 Å². The summed E-state index contributed by atoms with van der Waals surface area (Å²) in [4.78, 5) is 10.7. The maximum Gasteiger partial charge on any atom is 0.292 e. The van der Waals surface area contributed by atoms with Crippen LogP contribution in [0.5, 0.6) is 0 Å². The number of nitrogens with one attached hydrogen (secondary N) is 1. The molecule has 0 aromatic heterocycles. The minimum absolute atomic E-state index is 0.151. The van der Waals surface area contributed by atoms with Gasteiger partial charge in [-0.3, -0.25) is 10.1 Å². The van der Waals surface area contributed by atoms with Crippen molar-refractivity contribution in [2.24, 2.45) is 0 Å². The fraction of sp³-hybridized carbons (Fsp3) is 0.538. The molecule has 1 aromatic rings. The number of methoxy groups -OCH3 is 1. The first kappa shape index (κ1) is 15.8. The Morgan fingerprint density at radius 2 is 2.26 bits per heavy atom. The summed E-state index contributed by atoms with van der Waals surface area (Å²) < 4.78 is 4.99. The lowest BCUT2D eigenvalue weighted by molar-refractivity contribution is -0.384. The van der Waals surface area contributed by atoms with Gasteiger partial charge >= 0.3 is 0 Å². The van der Waals surface area contributed by atoms with Crippen molar-refractivity contribution in [3.63, 3.8) is 0 Å². The van der Waals surface area contributed by atoms with E-state index in [0.29, 0.717) is 12.3 Å². The number of para-hydroxylation sites is 1. The van der Waals surface area contributed by atoms with Gasteiger partial charge in [-0.15, -0.1) is 0 Å². The Hall–Kier alpha value is -1.27. The van der Waals surface area contributed by atoms with Gasteiger partial charge in [-0.1, -0.05) is 19.1 Å². The number of hydrogen-bond acceptors (Lipinski definition) is 5. The van der Waals surface area contributed by atoms with Gasteiger partial charge in [0, 0.05) is 31.2 Å². The van der Waals surface area contributed by atoms with Gasteiger partial charge in [0.25, 0.3) is 5.69 Å². The van der Waals surface area contributed by atoms with Crippen LogP contribution in [0.4, 0.5) is 11.4 Å². The SMILES string of the molecule is CCCNc1c(CSCCOC)cccc1[N+](=O)[O-]. The van der Waals surface area contributed by atoms with Crippen LogP contribution >= 0.6 is 11.8 Å². The van der Waals surface area contributed by atoms with Gasteiger partial charge in [0.05, 0.1) is 11.5 Å². The molecule has 0 spiro atoms. The first-order valence-corrected chi connectivity index (χ1v) is 7.43. The fourth-order valence-electron chi connectivity index (χ4n) is 1.64. The zero-order valence-electron chi connectivity index (χ0n) is 11.3. The van der Waals surface area contributed by atoms with Crippen LogP contribution < -0.4 is 5.32 Å². The van der Waals surface area contributed by atoms with Crippen molar-refractivity contribution in [1.29, 1.82) is 0 Å². The highest BCUT2D eigenvalue weighted by Gasteiger charge is 2.16. The van der Waals surface area contributed by atoms with E-state index in [-0.39, 0.29) is 10.6 Å². The van der Waals surface area contributed by atoms with Crippen molar-refractivity contribution in [3.05, 3.63) is 33.9 Å². The van der Waals surface area contributed by atoms with E-state index < -0.39 is 0 Å². The molecule has 0 bridgehead atoms. The normalized spacial score (nSPS) is 10.4. The number of ether oxygens (including phenoxy) is 1. The zero-order chi connectivity index (χ0) is 14.1. The van der Waals surface area contributed by atoms with Crippen LogP contribution in [-0.4, -0.2) is 30.9 Å². The fourth-order valence-corrected chi connectivity index (χ4v) is 2.53. The number of nitrogens with zero attached hydrogens (tertiary/aromatic N) is 1. The van der Waals surface area contributed by atoms with Crippen molar-refractivity contribution in [2.45, 2.75) is 19.1 Å². The van der Waals surface area contributed by atoms with Gasteiger partial charge in [0.1, 0.15) is 5.69 Å². The van der Waals surface area contributed by atoms with E-state index in [1.54, 1.807) is 31.0 Å². The van der Waals surface area contributed by atoms with E-state index in [2.05, 4.69) is 5.32 Å². The summed E-state index contributed by atoms with van der Waals surface area (Å²) in [6, 6.07) is 5.22. The summed E-state index contributed by atoms with van der Waals surface area (Å²) in [5.74, 6) is 1.63. The van der Waals surface area contributed by atoms with Crippen molar-refractivity contribution >= 4 is 23.1 Å². The minimum Gasteiger partial charge on any atom is -0.384 e. The van der Waals surface area contributed by atoms with Gasteiger partial charge in [-0.05, 0) is 12.0 Å². The summed E-state index contributed by atoms with van der Waals surface area (Å²) in [6.45, 7) is 3.46. The molecule has 0 saturated carbocycles. The van der Waals surface area contributed by atoms with Crippen molar-refractivity contribution < 1.29 is 9.66 Å².